The smallest absolute Gasteiger partial charge is 0.307 e. The number of carbonyl (C=O) groups is 2. The molecule has 0 fully saturated rings. The predicted octanol–water partition coefficient (Wildman–Crippen LogP) is 1.95. The Bertz CT molecular complexity index is 477. The Balaban J connectivity index is 2.61. The summed E-state index contributed by atoms with van der Waals surface area (Å²) < 4.78 is 4.80. The second kappa shape index (κ2) is 6.99. The fourth-order valence-corrected chi connectivity index (χ4v) is 1.65. The summed E-state index contributed by atoms with van der Waals surface area (Å²) in [7, 11) is 1.62. The highest BCUT2D eigenvalue weighted by Gasteiger charge is 2.14. The molecule has 1 aromatic rings. The molecule has 0 aliphatic carbocycles. The van der Waals surface area contributed by atoms with E-state index in [2.05, 4.69) is 0 Å². The summed E-state index contributed by atoms with van der Waals surface area (Å²) in [6.45, 7) is 2.37. The summed E-state index contributed by atoms with van der Waals surface area (Å²) in [4.78, 5) is 24.7. The first-order valence-electron chi connectivity index (χ1n) is 5.91. The standard InChI is InChI=1S/C13H17ClN2O3/c1-3-19-12(17)6-7-16(2)13(18)9-4-5-11(15)10(14)8-9/h4-5,8H,3,6-7,15H2,1-2H3. The molecule has 0 atom stereocenters. The lowest BCUT2D eigenvalue weighted by atomic mass is 10.2. The molecule has 104 valence electrons. The van der Waals surface area contributed by atoms with Gasteiger partial charge in [0.05, 0.1) is 23.7 Å². The van der Waals surface area contributed by atoms with E-state index in [1.54, 1.807) is 26.1 Å². The number of ether oxygens (including phenoxy) is 1. The summed E-state index contributed by atoms with van der Waals surface area (Å²) in [5.41, 5.74) is 6.44. The Morgan fingerprint density at radius 3 is 2.68 bits per heavy atom. The van der Waals surface area contributed by atoms with E-state index >= 15 is 0 Å². The minimum atomic E-state index is -0.322. The molecular weight excluding hydrogens is 268 g/mol. The van der Waals surface area contributed by atoms with Gasteiger partial charge in [0.15, 0.2) is 0 Å². The first-order chi connectivity index (χ1) is 8.95. The molecular formula is C13H17ClN2O3. The number of carbonyl (C=O) groups excluding carboxylic acids is 2. The van der Waals surface area contributed by atoms with Gasteiger partial charge in [-0.15, -0.1) is 0 Å². The van der Waals surface area contributed by atoms with E-state index < -0.39 is 0 Å². The van der Waals surface area contributed by atoms with Crippen LogP contribution < -0.4 is 5.73 Å². The number of nitrogen functional groups attached to an aromatic ring is 1. The fourth-order valence-electron chi connectivity index (χ4n) is 1.47. The molecule has 0 saturated carbocycles. The maximum Gasteiger partial charge on any atom is 0.307 e. The number of rotatable bonds is 5. The van der Waals surface area contributed by atoms with Crippen LogP contribution in [0.15, 0.2) is 18.2 Å². The first-order valence-corrected chi connectivity index (χ1v) is 6.29. The summed E-state index contributed by atoms with van der Waals surface area (Å²) >= 11 is 5.86. The van der Waals surface area contributed by atoms with Gasteiger partial charge in [0.1, 0.15) is 0 Å². The molecule has 1 rings (SSSR count). The average Bonchev–Trinajstić information content (AvgIpc) is 2.38. The van der Waals surface area contributed by atoms with Crippen molar-refractivity contribution in [1.82, 2.24) is 4.90 Å². The van der Waals surface area contributed by atoms with E-state index in [-0.39, 0.29) is 18.3 Å². The predicted molar refractivity (Wildman–Crippen MR) is 74.1 cm³/mol. The van der Waals surface area contributed by atoms with Crippen molar-refractivity contribution >= 4 is 29.2 Å². The Labute approximate surface area is 117 Å². The van der Waals surface area contributed by atoms with E-state index in [1.165, 1.54) is 11.0 Å². The minimum Gasteiger partial charge on any atom is -0.466 e. The van der Waals surface area contributed by atoms with E-state index in [4.69, 9.17) is 22.1 Å². The molecule has 6 heteroatoms. The molecule has 1 aromatic carbocycles. The summed E-state index contributed by atoms with van der Waals surface area (Å²) in [6.07, 6.45) is 0.165. The highest BCUT2D eigenvalue weighted by atomic mass is 35.5. The lowest BCUT2D eigenvalue weighted by Gasteiger charge is -2.17. The molecule has 5 nitrogen and oxygen atoms in total. The monoisotopic (exact) mass is 284 g/mol. The lowest BCUT2D eigenvalue weighted by Crippen LogP contribution is -2.29. The van der Waals surface area contributed by atoms with Crippen molar-refractivity contribution in [3.8, 4) is 0 Å². The fraction of sp³-hybridized carbons (Fsp3) is 0.385. The van der Waals surface area contributed by atoms with Gasteiger partial charge in [0.2, 0.25) is 0 Å². The van der Waals surface area contributed by atoms with Crippen LogP contribution in [0.3, 0.4) is 0 Å². The van der Waals surface area contributed by atoms with Gasteiger partial charge in [-0.25, -0.2) is 0 Å². The number of benzene rings is 1. The van der Waals surface area contributed by atoms with Crippen molar-refractivity contribution in [2.75, 3.05) is 25.9 Å². The van der Waals surface area contributed by atoms with Crippen LogP contribution in [0.1, 0.15) is 23.7 Å². The normalized spacial score (nSPS) is 10.1. The van der Waals surface area contributed by atoms with Crippen LogP contribution in [0.2, 0.25) is 5.02 Å². The SMILES string of the molecule is CCOC(=O)CCN(C)C(=O)c1ccc(N)c(Cl)c1. The Morgan fingerprint density at radius 2 is 2.11 bits per heavy atom. The van der Waals surface area contributed by atoms with Gasteiger partial charge >= 0.3 is 5.97 Å². The van der Waals surface area contributed by atoms with Crippen LogP contribution in [-0.2, 0) is 9.53 Å². The van der Waals surface area contributed by atoms with Gasteiger partial charge in [-0.1, -0.05) is 11.6 Å². The first kappa shape index (κ1) is 15.3. The van der Waals surface area contributed by atoms with Crippen LogP contribution in [0.4, 0.5) is 5.69 Å². The van der Waals surface area contributed by atoms with Crippen LogP contribution in [0.5, 0.6) is 0 Å². The molecule has 0 unspecified atom stereocenters. The summed E-state index contributed by atoms with van der Waals surface area (Å²) in [5, 5.41) is 0.338. The zero-order valence-electron chi connectivity index (χ0n) is 11.0. The molecule has 0 saturated heterocycles. The molecule has 0 bridgehead atoms. The third-order valence-corrected chi connectivity index (χ3v) is 2.88. The van der Waals surface area contributed by atoms with Crippen molar-refractivity contribution in [3.05, 3.63) is 28.8 Å². The van der Waals surface area contributed by atoms with E-state index in [0.717, 1.165) is 0 Å². The van der Waals surface area contributed by atoms with E-state index in [9.17, 15) is 9.59 Å². The Hall–Kier alpha value is -1.75. The number of nitrogens with zero attached hydrogens (tertiary/aromatic N) is 1. The molecule has 19 heavy (non-hydrogen) atoms. The molecule has 1 amide bonds. The molecule has 0 radical (unpaired) electrons. The largest absolute Gasteiger partial charge is 0.466 e. The van der Waals surface area contributed by atoms with Crippen LogP contribution >= 0.6 is 11.6 Å². The van der Waals surface area contributed by atoms with E-state index in [0.29, 0.717) is 29.4 Å². The van der Waals surface area contributed by atoms with Gasteiger partial charge in [-0.05, 0) is 25.1 Å². The molecule has 0 aliphatic rings. The average molecular weight is 285 g/mol. The number of anilines is 1. The summed E-state index contributed by atoms with van der Waals surface area (Å²) in [6, 6.07) is 4.69. The van der Waals surface area contributed by atoms with Crippen molar-refractivity contribution in [2.24, 2.45) is 0 Å². The number of nitrogens with two attached hydrogens (primary N) is 1. The Kier molecular flexibility index (Phi) is 5.63. The molecule has 0 aliphatic heterocycles. The maximum absolute atomic E-state index is 12.1. The van der Waals surface area contributed by atoms with Crippen LogP contribution in [0, 0.1) is 0 Å². The van der Waals surface area contributed by atoms with Gasteiger partial charge in [-0.3, -0.25) is 9.59 Å². The molecule has 2 N–H and O–H groups in total. The van der Waals surface area contributed by atoms with Gasteiger partial charge in [0, 0.05) is 19.2 Å². The van der Waals surface area contributed by atoms with Crippen molar-refractivity contribution in [3.63, 3.8) is 0 Å². The highest BCUT2D eigenvalue weighted by molar-refractivity contribution is 6.33. The number of amides is 1. The van der Waals surface area contributed by atoms with Crippen molar-refractivity contribution < 1.29 is 14.3 Å². The Morgan fingerprint density at radius 1 is 1.42 bits per heavy atom. The van der Waals surface area contributed by atoms with Crippen LogP contribution in [-0.4, -0.2) is 37.0 Å². The number of hydrogen-bond donors (Lipinski definition) is 1. The third-order valence-electron chi connectivity index (χ3n) is 2.55. The number of halogens is 1. The maximum atomic E-state index is 12.1. The lowest BCUT2D eigenvalue weighted by molar-refractivity contribution is -0.143. The highest BCUT2D eigenvalue weighted by Crippen LogP contribution is 2.20. The number of esters is 1. The van der Waals surface area contributed by atoms with Gasteiger partial charge < -0.3 is 15.4 Å². The van der Waals surface area contributed by atoms with Crippen LogP contribution in [0.25, 0.3) is 0 Å². The second-order valence-electron chi connectivity index (χ2n) is 4.02. The molecule has 0 spiro atoms. The molecule has 0 heterocycles. The topological polar surface area (TPSA) is 72.6 Å². The zero-order chi connectivity index (χ0) is 14.4. The summed E-state index contributed by atoms with van der Waals surface area (Å²) in [5.74, 6) is -0.538. The minimum absolute atomic E-state index is 0.165. The molecule has 0 aromatic heterocycles. The second-order valence-corrected chi connectivity index (χ2v) is 4.43. The van der Waals surface area contributed by atoms with Crippen molar-refractivity contribution in [2.45, 2.75) is 13.3 Å². The van der Waals surface area contributed by atoms with Gasteiger partial charge in [0.25, 0.3) is 5.91 Å². The van der Waals surface area contributed by atoms with Gasteiger partial charge in [-0.2, -0.15) is 0 Å². The third kappa shape index (κ3) is 4.44. The van der Waals surface area contributed by atoms with E-state index in [1.807, 2.05) is 0 Å². The number of hydrogen-bond acceptors (Lipinski definition) is 4. The van der Waals surface area contributed by atoms with Crippen molar-refractivity contribution in [1.29, 1.82) is 0 Å². The zero-order valence-corrected chi connectivity index (χ0v) is 11.7. The quantitative estimate of drug-likeness (QED) is 0.662.